The molecule has 0 aliphatic heterocycles. The Labute approximate surface area is 121 Å². The van der Waals surface area contributed by atoms with Crippen molar-refractivity contribution in [1.29, 1.82) is 0 Å². The summed E-state index contributed by atoms with van der Waals surface area (Å²) in [5, 5.41) is 0. The molecule has 20 heavy (non-hydrogen) atoms. The normalized spacial score (nSPS) is 22.6. The zero-order chi connectivity index (χ0) is 14.5. The lowest BCUT2D eigenvalue weighted by Crippen LogP contribution is -2.36. The first-order chi connectivity index (χ1) is 9.67. The van der Waals surface area contributed by atoms with Crippen LogP contribution in [-0.4, -0.2) is 29.7 Å². The first-order valence-corrected chi connectivity index (χ1v) is 7.63. The van der Waals surface area contributed by atoms with Gasteiger partial charge in [0.15, 0.2) is 5.82 Å². The van der Waals surface area contributed by atoms with Crippen LogP contribution in [0.2, 0.25) is 0 Å². The van der Waals surface area contributed by atoms with Gasteiger partial charge in [-0.25, -0.2) is 4.98 Å². The predicted molar refractivity (Wildman–Crippen MR) is 82.1 cm³/mol. The van der Waals surface area contributed by atoms with Gasteiger partial charge in [0.25, 0.3) is 0 Å². The fraction of sp³-hybridized carbons (Fsp3) is 0.733. The van der Waals surface area contributed by atoms with E-state index in [9.17, 15) is 0 Å². The molecule has 0 aromatic carbocycles. The Kier molecular flexibility index (Phi) is 5.04. The van der Waals surface area contributed by atoms with Crippen LogP contribution in [0, 0.1) is 5.92 Å². The number of ether oxygens (including phenoxy) is 1. The van der Waals surface area contributed by atoms with E-state index in [-0.39, 0.29) is 0 Å². The molecule has 1 heterocycles. The third-order valence-electron chi connectivity index (χ3n) is 4.38. The molecule has 1 aliphatic rings. The van der Waals surface area contributed by atoms with Gasteiger partial charge in [-0.15, -0.1) is 0 Å². The number of nitrogen functional groups attached to an aromatic ring is 1. The minimum Gasteiger partial charge on any atom is -0.476 e. The van der Waals surface area contributed by atoms with Gasteiger partial charge in [-0.3, -0.25) is 0 Å². The highest BCUT2D eigenvalue weighted by Crippen LogP contribution is 2.34. The number of anilines is 2. The Balaban J connectivity index is 2.09. The van der Waals surface area contributed by atoms with Crippen LogP contribution in [0.4, 0.5) is 11.5 Å². The maximum absolute atomic E-state index is 6.14. The van der Waals surface area contributed by atoms with Crippen LogP contribution in [0.25, 0.3) is 0 Å². The molecule has 1 fully saturated rings. The summed E-state index contributed by atoms with van der Waals surface area (Å²) in [6.45, 7) is 4.77. The lowest BCUT2D eigenvalue weighted by molar-refractivity contribution is 0.311. The van der Waals surface area contributed by atoms with Crippen molar-refractivity contribution in [2.45, 2.75) is 52.0 Å². The van der Waals surface area contributed by atoms with E-state index >= 15 is 0 Å². The van der Waals surface area contributed by atoms with Gasteiger partial charge >= 0.3 is 0 Å². The molecule has 0 atom stereocenters. The number of nitrogens with zero attached hydrogens (tertiary/aromatic N) is 3. The van der Waals surface area contributed by atoms with Crippen molar-refractivity contribution in [1.82, 2.24) is 9.97 Å². The van der Waals surface area contributed by atoms with E-state index in [1.807, 2.05) is 6.92 Å². The molecule has 0 saturated heterocycles. The molecule has 0 radical (unpaired) electrons. The number of aromatic nitrogens is 2. The third kappa shape index (κ3) is 3.14. The highest BCUT2D eigenvalue weighted by Gasteiger charge is 2.25. The number of hydrogen-bond acceptors (Lipinski definition) is 5. The van der Waals surface area contributed by atoms with E-state index in [0.717, 1.165) is 11.7 Å². The fourth-order valence-electron chi connectivity index (χ4n) is 3.02. The second-order valence-corrected chi connectivity index (χ2v) is 5.54. The van der Waals surface area contributed by atoms with Crippen molar-refractivity contribution in [2.75, 3.05) is 24.3 Å². The van der Waals surface area contributed by atoms with Crippen LogP contribution in [0.1, 0.15) is 46.0 Å². The van der Waals surface area contributed by atoms with Gasteiger partial charge in [-0.1, -0.05) is 13.3 Å². The van der Waals surface area contributed by atoms with Gasteiger partial charge < -0.3 is 15.4 Å². The molecule has 0 unspecified atom stereocenters. The van der Waals surface area contributed by atoms with Gasteiger partial charge in [-0.2, -0.15) is 4.98 Å². The molecule has 1 saturated carbocycles. The largest absolute Gasteiger partial charge is 0.476 e. The summed E-state index contributed by atoms with van der Waals surface area (Å²) < 4.78 is 5.45. The summed E-state index contributed by atoms with van der Waals surface area (Å²) in [5.74, 6) is 2.18. The zero-order valence-corrected chi connectivity index (χ0v) is 12.8. The van der Waals surface area contributed by atoms with Crippen LogP contribution in [-0.2, 0) is 0 Å². The Morgan fingerprint density at radius 3 is 2.55 bits per heavy atom. The molecule has 1 aliphatic carbocycles. The average Bonchev–Trinajstić information content (AvgIpc) is 2.49. The topological polar surface area (TPSA) is 64.3 Å². The maximum Gasteiger partial charge on any atom is 0.242 e. The van der Waals surface area contributed by atoms with Crippen LogP contribution in [0.3, 0.4) is 0 Å². The molecule has 2 rings (SSSR count). The Morgan fingerprint density at radius 2 is 1.95 bits per heavy atom. The van der Waals surface area contributed by atoms with Crippen molar-refractivity contribution in [3.8, 4) is 5.88 Å². The first kappa shape index (κ1) is 14.9. The monoisotopic (exact) mass is 278 g/mol. The van der Waals surface area contributed by atoms with Gasteiger partial charge in [0.05, 0.1) is 6.61 Å². The van der Waals surface area contributed by atoms with E-state index < -0.39 is 0 Å². The van der Waals surface area contributed by atoms with E-state index in [2.05, 4.69) is 28.8 Å². The highest BCUT2D eigenvalue weighted by atomic mass is 16.5. The van der Waals surface area contributed by atoms with Crippen LogP contribution in [0.15, 0.2) is 6.33 Å². The van der Waals surface area contributed by atoms with Gasteiger partial charge in [0.1, 0.15) is 12.0 Å². The second kappa shape index (κ2) is 6.77. The molecule has 1 aromatic rings. The summed E-state index contributed by atoms with van der Waals surface area (Å²) in [4.78, 5) is 10.6. The Bertz CT molecular complexity index is 430. The van der Waals surface area contributed by atoms with Crippen molar-refractivity contribution >= 4 is 11.5 Å². The zero-order valence-electron chi connectivity index (χ0n) is 12.8. The molecule has 5 heteroatoms. The minimum absolute atomic E-state index is 0.492. The van der Waals surface area contributed by atoms with Crippen molar-refractivity contribution in [3.05, 3.63) is 6.33 Å². The van der Waals surface area contributed by atoms with Crippen LogP contribution >= 0.6 is 0 Å². The van der Waals surface area contributed by atoms with E-state index in [0.29, 0.717) is 24.2 Å². The highest BCUT2D eigenvalue weighted by molar-refractivity contribution is 5.67. The Morgan fingerprint density at radius 1 is 1.25 bits per heavy atom. The van der Waals surface area contributed by atoms with Gasteiger partial charge in [-0.05, 0) is 38.5 Å². The van der Waals surface area contributed by atoms with E-state index in [4.69, 9.17) is 10.5 Å². The quantitative estimate of drug-likeness (QED) is 0.897. The smallest absolute Gasteiger partial charge is 0.242 e. The average molecular weight is 278 g/mol. The molecule has 112 valence electrons. The fourth-order valence-corrected chi connectivity index (χ4v) is 3.02. The molecule has 0 bridgehead atoms. The lowest BCUT2D eigenvalue weighted by atomic mass is 9.84. The summed E-state index contributed by atoms with van der Waals surface area (Å²) in [5.41, 5.74) is 6.69. The summed E-state index contributed by atoms with van der Waals surface area (Å²) in [6.07, 6.45) is 7.85. The first-order valence-electron chi connectivity index (χ1n) is 7.63. The number of rotatable bonds is 5. The maximum atomic E-state index is 6.14. The number of nitrogens with two attached hydrogens (primary N) is 1. The summed E-state index contributed by atoms with van der Waals surface area (Å²) in [7, 11) is 2.07. The molecule has 1 aromatic heterocycles. The third-order valence-corrected chi connectivity index (χ3v) is 4.38. The van der Waals surface area contributed by atoms with Crippen molar-refractivity contribution in [3.63, 3.8) is 0 Å². The summed E-state index contributed by atoms with van der Waals surface area (Å²) in [6, 6.07) is 0.518. The van der Waals surface area contributed by atoms with Crippen molar-refractivity contribution < 1.29 is 4.74 Å². The molecule has 2 N–H and O–H groups in total. The molecule has 0 amide bonds. The molecular weight excluding hydrogens is 252 g/mol. The summed E-state index contributed by atoms with van der Waals surface area (Å²) >= 11 is 0. The minimum atomic E-state index is 0.492. The Hall–Kier alpha value is -1.52. The standard InChI is InChI=1S/C15H26N4O/c1-4-11-6-8-12(9-7-11)19(3)14-13(16)15(20-5-2)18-10-17-14/h10-12H,4-9,16H2,1-3H3. The second-order valence-electron chi connectivity index (χ2n) is 5.54. The molecular formula is C15H26N4O. The van der Waals surface area contributed by atoms with Crippen LogP contribution < -0.4 is 15.4 Å². The van der Waals surface area contributed by atoms with Gasteiger partial charge in [0.2, 0.25) is 5.88 Å². The van der Waals surface area contributed by atoms with Crippen LogP contribution in [0.5, 0.6) is 5.88 Å². The predicted octanol–water partition coefficient (Wildman–Crippen LogP) is 2.86. The van der Waals surface area contributed by atoms with E-state index in [1.54, 1.807) is 0 Å². The lowest BCUT2D eigenvalue weighted by Gasteiger charge is -2.35. The molecule has 5 nitrogen and oxygen atoms in total. The van der Waals surface area contributed by atoms with Crippen molar-refractivity contribution in [2.24, 2.45) is 5.92 Å². The molecule has 0 spiro atoms. The SMILES string of the molecule is CCOc1ncnc(N(C)C2CCC(CC)CC2)c1N. The number of hydrogen-bond donors (Lipinski definition) is 1. The van der Waals surface area contributed by atoms with Gasteiger partial charge in [0, 0.05) is 13.1 Å². The van der Waals surface area contributed by atoms with E-state index in [1.165, 1.54) is 38.4 Å².